The SMILES string of the molecule is CC(C)CSSC1=NC=CC(C)([N+](=O)[O-])C=C1. The molecule has 0 aromatic carbocycles. The maximum absolute atomic E-state index is 10.9. The molecule has 0 saturated heterocycles. The molecule has 94 valence electrons. The monoisotopic (exact) mass is 272 g/mol. The van der Waals surface area contributed by atoms with Gasteiger partial charge in [0.2, 0.25) is 0 Å². The molecule has 6 heteroatoms. The van der Waals surface area contributed by atoms with Gasteiger partial charge in [0.15, 0.2) is 0 Å². The van der Waals surface area contributed by atoms with Crippen LogP contribution in [0.2, 0.25) is 0 Å². The van der Waals surface area contributed by atoms with Crippen LogP contribution >= 0.6 is 21.6 Å². The number of aliphatic imine (C=N–C) groups is 1. The Morgan fingerprint density at radius 3 is 2.82 bits per heavy atom. The van der Waals surface area contributed by atoms with Crippen LogP contribution in [0.1, 0.15) is 20.8 Å². The van der Waals surface area contributed by atoms with Gasteiger partial charge in [-0.15, -0.1) is 0 Å². The second-order valence-electron chi connectivity index (χ2n) is 4.36. The molecule has 1 aliphatic heterocycles. The van der Waals surface area contributed by atoms with Crippen LogP contribution in [0.3, 0.4) is 0 Å². The quantitative estimate of drug-likeness (QED) is 0.446. The van der Waals surface area contributed by atoms with Crippen molar-refractivity contribution in [3.8, 4) is 0 Å². The van der Waals surface area contributed by atoms with E-state index in [4.69, 9.17) is 0 Å². The highest BCUT2D eigenvalue weighted by atomic mass is 33.1. The summed E-state index contributed by atoms with van der Waals surface area (Å²) in [6.45, 7) is 5.87. The van der Waals surface area contributed by atoms with Gasteiger partial charge in [-0.3, -0.25) is 10.1 Å². The number of hydrogen-bond acceptors (Lipinski definition) is 5. The van der Waals surface area contributed by atoms with Crippen molar-refractivity contribution in [1.29, 1.82) is 0 Å². The van der Waals surface area contributed by atoms with E-state index in [-0.39, 0.29) is 4.92 Å². The maximum atomic E-state index is 10.9. The molecule has 0 fully saturated rings. The van der Waals surface area contributed by atoms with Gasteiger partial charge in [0.1, 0.15) is 5.04 Å². The minimum atomic E-state index is -1.14. The number of nitrogens with zero attached hydrogens (tertiary/aromatic N) is 2. The van der Waals surface area contributed by atoms with E-state index in [9.17, 15) is 10.1 Å². The van der Waals surface area contributed by atoms with Crippen LogP contribution in [-0.2, 0) is 0 Å². The zero-order valence-corrected chi connectivity index (χ0v) is 11.8. The highest BCUT2D eigenvalue weighted by Crippen LogP contribution is 2.28. The van der Waals surface area contributed by atoms with Crippen molar-refractivity contribution in [3.63, 3.8) is 0 Å². The Kier molecular flexibility index (Phi) is 5.27. The Balaban J connectivity index is 2.59. The lowest BCUT2D eigenvalue weighted by molar-refractivity contribution is -0.535. The molecule has 1 rings (SSSR count). The largest absolute Gasteiger partial charge is 0.263 e. The van der Waals surface area contributed by atoms with Crippen molar-refractivity contribution < 1.29 is 4.92 Å². The fourth-order valence-corrected chi connectivity index (χ4v) is 3.37. The molecule has 4 nitrogen and oxygen atoms in total. The van der Waals surface area contributed by atoms with Crippen LogP contribution in [0.15, 0.2) is 29.4 Å². The van der Waals surface area contributed by atoms with E-state index >= 15 is 0 Å². The minimum absolute atomic E-state index is 0.315. The summed E-state index contributed by atoms with van der Waals surface area (Å²) in [6, 6.07) is 0. The highest BCUT2D eigenvalue weighted by molar-refractivity contribution is 8.82. The first-order chi connectivity index (χ1) is 7.94. The van der Waals surface area contributed by atoms with Crippen LogP contribution in [0.4, 0.5) is 0 Å². The topological polar surface area (TPSA) is 55.5 Å². The van der Waals surface area contributed by atoms with Gasteiger partial charge in [-0.05, 0) is 28.9 Å². The maximum Gasteiger partial charge on any atom is 0.257 e. The molecule has 0 aromatic heterocycles. The normalized spacial score (nSPS) is 23.6. The van der Waals surface area contributed by atoms with E-state index < -0.39 is 5.54 Å². The molecule has 0 N–H and O–H groups in total. The average Bonchev–Trinajstić information content (AvgIpc) is 2.42. The Bertz CT molecular complexity index is 378. The third-order valence-electron chi connectivity index (χ3n) is 2.12. The molecule has 1 unspecified atom stereocenters. The molecule has 0 saturated carbocycles. The fraction of sp³-hybridized carbons (Fsp3) is 0.545. The van der Waals surface area contributed by atoms with Gasteiger partial charge in [-0.25, -0.2) is 4.99 Å². The number of nitro groups is 1. The first kappa shape index (κ1) is 14.3. The standard InChI is InChI=1S/C11H16N2O2S2/c1-9(2)8-16-17-10-4-5-11(3,13(14)15)6-7-12-10/h4-7,9H,8H2,1-3H3. The van der Waals surface area contributed by atoms with Crippen LogP contribution < -0.4 is 0 Å². The van der Waals surface area contributed by atoms with Gasteiger partial charge in [-0.2, -0.15) is 0 Å². The van der Waals surface area contributed by atoms with Crippen LogP contribution in [-0.4, -0.2) is 21.3 Å². The van der Waals surface area contributed by atoms with Crippen molar-refractivity contribution in [2.24, 2.45) is 10.9 Å². The van der Waals surface area contributed by atoms with E-state index in [2.05, 4.69) is 18.8 Å². The van der Waals surface area contributed by atoms with E-state index in [0.29, 0.717) is 5.92 Å². The summed E-state index contributed by atoms with van der Waals surface area (Å²) in [5, 5.41) is 11.7. The van der Waals surface area contributed by atoms with Gasteiger partial charge in [0.05, 0.1) is 0 Å². The molecule has 17 heavy (non-hydrogen) atoms. The van der Waals surface area contributed by atoms with Crippen LogP contribution in [0.5, 0.6) is 0 Å². The first-order valence-electron chi connectivity index (χ1n) is 5.33. The molecule has 1 heterocycles. The summed E-state index contributed by atoms with van der Waals surface area (Å²) in [6.07, 6.45) is 6.32. The van der Waals surface area contributed by atoms with E-state index in [0.717, 1.165) is 10.8 Å². The molecule has 0 radical (unpaired) electrons. The lowest BCUT2D eigenvalue weighted by atomic mass is 10.0. The summed E-state index contributed by atoms with van der Waals surface area (Å²) in [7, 11) is 3.27. The summed E-state index contributed by atoms with van der Waals surface area (Å²) in [5.41, 5.74) is -1.14. The Labute approximate surface area is 109 Å². The third kappa shape index (κ3) is 4.55. The number of rotatable bonds is 4. The Hall–Kier alpha value is -0.750. The van der Waals surface area contributed by atoms with Crippen LogP contribution in [0, 0.1) is 16.0 Å². The van der Waals surface area contributed by atoms with Gasteiger partial charge in [0, 0.05) is 29.9 Å². The molecule has 0 bridgehead atoms. The summed E-state index contributed by atoms with van der Waals surface area (Å²) < 4.78 is 0. The van der Waals surface area contributed by atoms with Crippen molar-refractivity contribution in [2.75, 3.05) is 5.75 Å². The third-order valence-corrected chi connectivity index (χ3v) is 4.72. The van der Waals surface area contributed by atoms with Crippen molar-refractivity contribution in [1.82, 2.24) is 0 Å². The van der Waals surface area contributed by atoms with Crippen molar-refractivity contribution in [3.05, 3.63) is 34.5 Å². The first-order valence-corrected chi connectivity index (χ1v) is 7.64. The molecule has 0 aromatic rings. The summed E-state index contributed by atoms with van der Waals surface area (Å²) in [4.78, 5) is 14.7. The van der Waals surface area contributed by atoms with Gasteiger partial charge >= 0.3 is 0 Å². The lowest BCUT2D eigenvalue weighted by Crippen LogP contribution is -2.29. The average molecular weight is 272 g/mol. The van der Waals surface area contributed by atoms with Gasteiger partial charge in [-0.1, -0.05) is 24.6 Å². The van der Waals surface area contributed by atoms with E-state index in [1.807, 2.05) is 0 Å². The summed E-state index contributed by atoms with van der Waals surface area (Å²) >= 11 is 0. The zero-order valence-electron chi connectivity index (χ0n) is 10.1. The van der Waals surface area contributed by atoms with Crippen molar-refractivity contribution in [2.45, 2.75) is 26.3 Å². The zero-order chi connectivity index (χ0) is 12.9. The molecular weight excluding hydrogens is 256 g/mol. The van der Waals surface area contributed by atoms with Crippen LogP contribution in [0.25, 0.3) is 0 Å². The fourth-order valence-electron chi connectivity index (χ4n) is 1.00. The van der Waals surface area contributed by atoms with Gasteiger partial charge in [0.25, 0.3) is 5.54 Å². The molecule has 1 atom stereocenters. The van der Waals surface area contributed by atoms with E-state index in [1.54, 1.807) is 40.7 Å². The molecular formula is C11H16N2O2S2. The summed E-state index contributed by atoms with van der Waals surface area (Å²) in [5.74, 6) is 1.66. The second kappa shape index (κ2) is 6.26. The predicted molar refractivity (Wildman–Crippen MR) is 76.0 cm³/mol. The van der Waals surface area contributed by atoms with Crippen molar-refractivity contribution >= 4 is 26.6 Å². The van der Waals surface area contributed by atoms with Gasteiger partial charge < -0.3 is 0 Å². The molecule has 1 aliphatic rings. The Morgan fingerprint density at radius 2 is 2.24 bits per heavy atom. The predicted octanol–water partition coefficient (Wildman–Crippen LogP) is 3.54. The minimum Gasteiger partial charge on any atom is -0.263 e. The smallest absolute Gasteiger partial charge is 0.257 e. The second-order valence-corrected chi connectivity index (χ2v) is 6.72. The lowest BCUT2D eigenvalue weighted by Gasteiger charge is -2.09. The highest BCUT2D eigenvalue weighted by Gasteiger charge is 2.31. The molecule has 0 aliphatic carbocycles. The number of hydrogen-bond donors (Lipinski definition) is 0. The Morgan fingerprint density at radius 1 is 1.53 bits per heavy atom. The van der Waals surface area contributed by atoms with E-state index in [1.165, 1.54) is 12.3 Å². The molecule has 0 amide bonds. The molecule has 0 spiro atoms.